The monoisotopic (exact) mass is 314 g/mol. The summed E-state index contributed by atoms with van der Waals surface area (Å²) in [5.74, 6) is 1.20. The zero-order valence-corrected chi connectivity index (χ0v) is 13.8. The van der Waals surface area contributed by atoms with Crippen LogP contribution in [0, 0.1) is 12.8 Å². The molecule has 0 saturated carbocycles. The fourth-order valence-corrected chi connectivity index (χ4v) is 4.03. The molecule has 1 unspecified atom stereocenters. The quantitative estimate of drug-likeness (QED) is 0.518. The Hall–Kier alpha value is -1.31. The Kier molecular flexibility index (Phi) is 4.62. The molecular weight excluding hydrogens is 296 g/mol. The summed E-state index contributed by atoms with van der Waals surface area (Å²) < 4.78 is 1.37. The lowest BCUT2D eigenvalue weighted by Gasteiger charge is -2.15. The Morgan fingerprint density at radius 3 is 2.48 bits per heavy atom. The molecule has 0 N–H and O–H groups in total. The molecule has 1 heterocycles. The van der Waals surface area contributed by atoms with Crippen LogP contribution in [0.5, 0.6) is 0 Å². The van der Waals surface area contributed by atoms with Crippen LogP contribution in [-0.4, -0.2) is 5.88 Å². The van der Waals surface area contributed by atoms with Gasteiger partial charge in [-0.2, -0.15) is 0 Å². The molecule has 0 bridgehead atoms. The minimum absolute atomic E-state index is 0.491. The van der Waals surface area contributed by atoms with Crippen LogP contribution < -0.4 is 0 Å². The largest absolute Gasteiger partial charge is 0.144 e. The first-order chi connectivity index (χ1) is 10.3. The van der Waals surface area contributed by atoms with E-state index < -0.39 is 0 Å². The molecule has 0 amide bonds. The predicted octanol–water partition coefficient (Wildman–Crippen LogP) is 5.85. The highest BCUT2D eigenvalue weighted by Crippen LogP contribution is 2.29. The summed E-state index contributed by atoms with van der Waals surface area (Å²) in [7, 11) is 0. The molecule has 0 fully saturated rings. The van der Waals surface area contributed by atoms with Crippen molar-refractivity contribution in [2.75, 3.05) is 5.88 Å². The van der Waals surface area contributed by atoms with Gasteiger partial charge in [0, 0.05) is 10.6 Å². The molecule has 0 radical (unpaired) electrons. The number of hydrogen-bond acceptors (Lipinski definition) is 1. The summed E-state index contributed by atoms with van der Waals surface area (Å²) in [5, 5.41) is 3.68. The van der Waals surface area contributed by atoms with Crippen LogP contribution in [0.15, 0.2) is 53.9 Å². The Labute approximate surface area is 135 Å². The molecule has 0 spiro atoms. The van der Waals surface area contributed by atoms with Gasteiger partial charge in [-0.3, -0.25) is 0 Å². The molecule has 3 rings (SSSR count). The zero-order chi connectivity index (χ0) is 14.7. The van der Waals surface area contributed by atoms with Crippen molar-refractivity contribution in [1.82, 2.24) is 0 Å². The lowest BCUT2D eigenvalue weighted by atomic mass is 9.92. The van der Waals surface area contributed by atoms with Gasteiger partial charge in [-0.1, -0.05) is 42.5 Å². The number of benzene rings is 2. The Morgan fingerprint density at radius 2 is 1.67 bits per heavy atom. The predicted molar refractivity (Wildman–Crippen MR) is 94.6 cm³/mol. The summed E-state index contributed by atoms with van der Waals surface area (Å²) >= 11 is 8.07. The first-order valence-electron chi connectivity index (χ1n) is 7.33. The van der Waals surface area contributed by atoms with Crippen LogP contribution >= 0.6 is 22.9 Å². The smallest absolute Gasteiger partial charge is 0.0345 e. The van der Waals surface area contributed by atoms with E-state index >= 15 is 0 Å². The van der Waals surface area contributed by atoms with Crippen LogP contribution in [0.4, 0.5) is 0 Å². The molecule has 0 saturated heterocycles. The SMILES string of the molecule is Cc1ccccc1CC(CCl)Cc1csc2ccccc12. The minimum atomic E-state index is 0.491. The number of fused-ring (bicyclic) bond motifs is 1. The molecule has 0 nitrogen and oxygen atoms in total. The van der Waals surface area contributed by atoms with Crippen molar-refractivity contribution in [3.8, 4) is 0 Å². The lowest BCUT2D eigenvalue weighted by molar-refractivity contribution is 0.585. The molecule has 0 aliphatic rings. The lowest BCUT2D eigenvalue weighted by Crippen LogP contribution is -2.10. The summed E-state index contributed by atoms with van der Waals surface area (Å²) in [6.45, 7) is 2.18. The van der Waals surface area contributed by atoms with E-state index in [-0.39, 0.29) is 0 Å². The molecule has 2 heteroatoms. The van der Waals surface area contributed by atoms with Gasteiger partial charge >= 0.3 is 0 Å². The maximum atomic E-state index is 6.24. The van der Waals surface area contributed by atoms with Crippen LogP contribution in [0.1, 0.15) is 16.7 Å². The number of rotatable bonds is 5. The van der Waals surface area contributed by atoms with E-state index in [0.717, 1.165) is 12.8 Å². The molecular formula is C19H19ClS. The summed E-state index contributed by atoms with van der Waals surface area (Å²) in [5.41, 5.74) is 4.22. The van der Waals surface area contributed by atoms with Crippen molar-refractivity contribution >= 4 is 33.0 Å². The fraction of sp³-hybridized carbons (Fsp3) is 0.263. The van der Waals surface area contributed by atoms with E-state index in [1.807, 2.05) is 11.3 Å². The number of hydrogen-bond donors (Lipinski definition) is 0. The average Bonchev–Trinajstić information content (AvgIpc) is 2.92. The Morgan fingerprint density at radius 1 is 0.952 bits per heavy atom. The first-order valence-corrected chi connectivity index (χ1v) is 8.75. The van der Waals surface area contributed by atoms with Gasteiger partial charge in [-0.25, -0.2) is 0 Å². The summed E-state index contributed by atoms with van der Waals surface area (Å²) in [6, 6.07) is 17.3. The van der Waals surface area contributed by atoms with E-state index in [0.29, 0.717) is 11.8 Å². The highest BCUT2D eigenvalue weighted by atomic mass is 35.5. The van der Waals surface area contributed by atoms with E-state index in [9.17, 15) is 0 Å². The Balaban J connectivity index is 1.80. The normalized spacial score (nSPS) is 12.7. The van der Waals surface area contributed by atoms with Crippen molar-refractivity contribution in [1.29, 1.82) is 0 Å². The third-order valence-corrected chi connectivity index (χ3v) is 5.51. The highest BCUT2D eigenvalue weighted by molar-refractivity contribution is 7.17. The van der Waals surface area contributed by atoms with Crippen LogP contribution in [-0.2, 0) is 12.8 Å². The maximum Gasteiger partial charge on any atom is 0.0345 e. The number of aryl methyl sites for hydroxylation is 1. The molecule has 0 aliphatic heterocycles. The maximum absolute atomic E-state index is 6.24. The number of thiophene rings is 1. The molecule has 3 aromatic rings. The summed E-state index contributed by atoms with van der Waals surface area (Å²) in [6.07, 6.45) is 2.11. The van der Waals surface area contributed by atoms with Gasteiger partial charge in [0.1, 0.15) is 0 Å². The van der Waals surface area contributed by atoms with Gasteiger partial charge in [0.25, 0.3) is 0 Å². The van der Waals surface area contributed by atoms with Crippen molar-refractivity contribution in [2.24, 2.45) is 5.92 Å². The van der Waals surface area contributed by atoms with Gasteiger partial charge in [-0.05, 0) is 59.2 Å². The number of alkyl halides is 1. The third-order valence-electron chi connectivity index (χ3n) is 4.06. The first kappa shape index (κ1) is 14.6. The minimum Gasteiger partial charge on any atom is -0.144 e. The molecule has 1 atom stereocenters. The van der Waals surface area contributed by atoms with Crippen molar-refractivity contribution in [2.45, 2.75) is 19.8 Å². The third kappa shape index (κ3) is 3.30. The second kappa shape index (κ2) is 6.64. The molecule has 108 valence electrons. The van der Waals surface area contributed by atoms with Gasteiger partial charge in [0.05, 0.1) is 0 Å². The molecule has 2 aromatic carbocycles. The van der Waals surface area contributed by atoms with Gasteiger partial charge < -0.3 is 0 Å². The zero-order valence-electron chi connectivity index (χ0n) is 12.2. The van der Waals surface area contributed by atoms with Gasteiger partial charge in [0.2, 0.25) is 0 Å². The van der Waals surface area contributed by atoms with E-state index in [4.69, 9.17) is 11.6 Å². The van der Waals surface area contributed by atoms with Gasteiger partial charge in [0.15, 0.2) is 0 Å². The topological polar surface area (TPSA) is 0 Å². The van der Waals surface area contributed by atoms with E-state index in [1.54, 1.807) is 0 Å². The van der Waals surface area contributed by atoms with E-state index in [1.165, 1.54) is 26.8 Å². The average molecular weight is 315 g/mol. The van der Waals surface area contributed by atoms with E-state index in [2.05, 4.69) is 60.8 Å². The van der Waals surface area contributed by atoms with Crippen LogP contribution in [0.2, 0.25) is 0 Å². The second-order valence-electron chi connectivity index (χ2n) is 5.61. The van der Waals surface area contributed by atoms with Gasteiger partial charge in [-0.15, -0.1) is 22.9 Å². The summed E-state index contributed by atoms with van der Waals surface area (Å²) in [4.78, 5) is 0. The van der Waals surface area contributed by atoms with Crippen molar-refractivity contribution in [3.05, 3.63) is 70.6 Å². The Bertz CT molecular complexity index is 729. The molecule has 0 aliphatic carbocycles. The standard InChI is InChI=1S/C19H19ClS/c1-14-6-2-3-7-16(14)10-15(12-20)11-17-13-21-19-9-5-4-8-18(17)19/h2-9,13,15H,10-12H2,1H3. The second-order valence-corrected chi connectivity index (χ2v) is 6.83. The molecule has 21 heavy (non-hydrogen) atoms. The fourth-order valence-electron chi connectivity index (χ4n) is 2.83. The number of halogens is 1. The van der Waals surface area contributed by atoms with Crippen molar-refractivity contribution < 1.29 is 0 Å². The molecule has 1 aromatic heterocycles. The highest BCUT2D eigenvalue weighted by Gasteiger charge is 2.13. The van der Waals surface area contributed by atoms with Crippen LogP contribution in [0.25, 0.3) is 10.1 Å². The van der Waals surface area contributed by atoms with Crippen LogP contribution in [0.3, 0.4) is 0 Å². The van der Waals surface area contributed by atoms with Crippen molar-refractivity contribution in [3.63, 3.8) is 0 Å².